The number of carbonyl (C=O) groups is 1. The Bertz CT molecular complexity index is 628. The minimum Gasteiger partial charge on any atom is -0.334 e. The van der Waals surface area contributed by atoms with Gasteiger partial charge in [0, 0.05) is 12.6 Å². The molecule has 1 aliphatic rings. The second-order valence-corrected chi connectivity index (χ2v) is 7.38. The van der Waals surface area contributed by atoms with Crippen molar-refractivity contribution in [1.82, 2.24) is 4.90 Å². The molecule has 0 saturated carbocycles. The van der Waals surface area contributed by atoms with Crippen molar-refractivity contribution in [3.8, 4) is 0 Å². The first-order valence-electron chi connectivity index (χ1n) is 6.43. The van der Waals surface area contributed by atoms with Crippen molar-refractivity contribution in [1.29, 1.82) is 0 Å². The van der Waals surface area contributed by atoms with E-state index in [2.05, 4.69) is 5.43 Å². The summed E-state index contributed by atoms with van der Waals surface area (Å²) in [5.74, 6) is 5.26. The lowest BCUT2D eigenvalue weighted by atomic mass is 10.1. The number of nitrogens with two attached hydrogens (primary N) is 1. The first-order chi connectivity index (χ1) is 9.34. The van der Waals surface area contributed by atoms with Gasteiger partial charge in [-0.05, 0) is 26.0 Å². The number of anilines is 1. The molecule has 0 aliphatic carbocycles. The Kier molecular flexibility index (Phi) is 4.01. The van der Waals surface area contributed by atoms with Gasteiger partial charge in [0.1, 0.15) is 0 Å². The number of nitrogen functional groups attached to an aromatic ring is 1. The highest BCUT2D eigenvalue weighted by atomic mass is 32.2. The van der Waals surface area contributed by atoms with Crippen molar-refractivity contribution in [2.45, 2.75) is 19.9 Å². The van der Waals surface area contributed by atoms with Crippen molar-refractivity contribution in [2.75, 3.05) is 23.5 Å². The van der Waals surface area contributed by atoms with Crippen LogP contribution in [0.15, 0.2) is 18.2 Å². The van der Waals surface area contributed by atoms with Gasteiger partial charge in [0.2, 0.25) is 0 Å². The zero-order valence-corrected chi connectivity index (χ0v) is 12.4. The Hall–Kier alpha value is -1.60. The van der Waals surface area contributed by atoms with Gasteiger partial charge in [0.15, 0.2) is 9.84 Å². The van der Waals surface area contributed by atoms with Crippen molar-refractivity contribution in [3.63, 3.8) is 0 Å². The predicted molar refractivity (Wildman–Crippen MR) is 78.1 cm³/mol. The van der Waals surface area contributed by atoms with Crippen LogP contribution in [0.2, 0.25) is 0 Å². The number of hydrogen-bond acceptors (Lipinski definition) is 5. The SMILES string of the molecule is Cc1ccc(NN)c(C(=O)N2CCS(=O)(=O)CC2C)c1. The minimum atomic E-state index is -3.04. The Morgan fingerprint density at radius 3 is 2.75 bits per heavy atom. The van der Waals surface area contributed by atoms with Crippen molar-refractivity contribution >= 4 is 21.4 Å². The van der Waals surface area contributed by atoms with E-state index >= 15 is 0 Å². The monoisotopic (exact) mass is 297 g/mol. The highest BCUT2D eigenvalue weighted by Gasteiger charge is 2.32. The average Bonchev–Trinajstić information content (AvgIpc) is 2.37. The van der Waals surface area contributed by atoms with Gasteiger partial charge in [-0.15, -0.1) is 0 Å². The lowest BCUT2D eigenvalue weighted by molar-refractivity contribution is 0.0713. The number of nitrogens with zero attached hydrogens (tertiary/aromatic N) is 1. The van der Waals surface area contributed by atoms with E-state index in [9.17, 15) is 13.2 Å². The molecule has 0 spiro atoms. The Morgan fingerprint density at radius 2 is 2.15 bits per heavy atom. The number of rotatable bonds is 2. The topological polar surface area (TPSA) is 92.5 Å². The quantitative estimate of drug-likeness (QED) is 0.614. The largest absolute Gasteiger partial charge is 0.334 e. The molecule has 7 heteroatoms. The molecular formula is C13H19N3O3S. The molecule has 1 aliphatic heterocycles. The fourth-order valence-corrected chi connectivity index (χ4v) is 3.97. The number of carbonyl (C=O) groups excluding carboxylic acids is 1. The maximum absolute atomic E-state index is 12.6. The summed E-state index contributed by atoms with van der Waals surface area (Å²) in [6, 6.07) is 5.03. The number of aryl methyl sites for hydroxylation is 1. The molecule has 1 saturated heterocycles. The van der Waals surface area contributed by atoms with Gasteiger partial charge in [-0.25, -0.2) is 8.42 Å². The molecule has 6 nitrogen and oxygen atoms in total. The van der Waals surface area contributed by atoms with Crippen LogP contribution in [0, 0.1) is 6.92 Å². The molecule has 20 heavy (non-hydrogen) atoms. The van der Waals surface area contributed by atoms with E-state index in [1.165, 1.54) is 0 Å². The van der Waals surface area contributed by atoms with Gasteiger partial charge in [0.25, 0.3) is 5.91 Å². The van der Waals surface area contributed by atoms with Crippen LogP contribution in [-0.4, -0.2) is 43.3 Å². The normalized spacial score (nSPS) is 21.6. The molecule has 0 bridgehead atoms. The van der Waals surface area contributed by atoms with Gasteiger partial charge in [-0.3, -0.25) is 10.6 Å². The number of benzene rings is 1. The fourth-order valence-electron chi connectivity index (χ4n) is 2.42. The molecule has 1 aromatic carbocycles. The molecule has 1 fully saturated rings. The smallest absolute Gasteiger partial charge is 0.256 e. The first-order valence-corrected chi connectivity index (χ1v) is 8.25. The third-order valence-electron chi connectivity index (χ3n) is 3.49. The number of nitrogens with one attached hydrogen (secondary N) is 1. The zero-order chi connectivity index (χ0) is 14.9. The summed E-state index contributed by atoms with van der Waals surface area (Å²) in [6.07, 6.45) is 0. The van der Waals surface area contributed by atoms with Crippen LogP contribution in [0.5, 0.6) is 0 Å². The van der Waals surface area contributed by atoms with Crippen LogP contribution in [-0.2, 0) is 9.84 Å². The van der Waals surface area contributed by atoms with E-state index in [0.717, 1.165) is 5.56 Å². The van der Waals surface area contributed by atoms with Crippen molar-refractivity contribution < 1.29 is 13.2 Å². The summed E-state index contributed by atoms with van der Waals surface area (Å²) in [5.41, 5.74) is 4.47. The molecule has 0 aromatic heterocycles. The number of hydrazine groups is 1. The van der Waals surface area contributed by atoms with Gasteiger partial charge < -0.3 is 10.3 Å². The zero-order valence-electron chi connectivity index (χ0n) is 11.6. The second-order valence-electron chi connectivity index (χ2n) is 5.16. The molecule has 1 aromatic rings. The third-order valence-corrected chi connectivity index (χ3v) is 5.29. The Labute approximate surface area is 118 Å². The molecule has 110 valence electrons. The van der Waals surface area contributed by atoms with Crippen LogP contribution in [0.25, 0.3) is 0 Å². The van der Waals surface area contributed by atoms with E-state index in [0.29, 0.717) is 11.3 Å². The molecular weight excluding hydrogens is 278 g/mol. The summed E-state index contributed by atoms with van der Waals surface area (Å²) in [6.45, 7) is 3.86. The van der Waals surface area contributed by atoms with E-state index in [4.69, 9.17) is 5.84 Å². The molecule has 2 rings (SSSR count). The van der Waals surface area contributed by atoms with Gasteiger partial charge >= 0.3 is 0 Å². The van der Waals surface area contributed by atoms with E-state index in [1.54, 1.807) is 24.0 Å². The standard InChI is InChI=1S/C13H19N3O3S/c1-9-3-4-12(15-14)11(7-9)13(17)16-5-6-20(18,19)8-10(16)2/h3-4,7,10,15H,5-6,8,14H2,1-2H3. The lowest BCUT2D eigenvalue weighted by Crippen LogP contribution is -2.49. The molecule has 1 heterocycles. The first kappa shape index (κ1) is 14.8. The van der Waals surface area contributed by atoms with Crippen LogP contribution >= 0.6 is 0 Å². The van der Waals surface area contributed by atoms with Gasteiger partial charge in [0.05, 0.1) is 22.8 Å². The Balaban J connectivity index is 2.30. The molecule has 1 atom stereocenters. The highest BCUT2D eigenvalue weighted by Crippen LogP contribution is 2.21. The Morgan fingerprint density at radius 1 is 1.45 bits per heavy atom. The number of sulfone groups is 1. The summed E-state index contributed by atoms with van der Waals surface area (Å²) in [7, 11) is -3.04. The average molecular weight is 297 g/mol. The van der Waals surface area contributed by atoms with E-state index < -0.39 is 9.84 Å². The maximum Gasteiger partial charge on any atom is 0.256 e. The number of amides is 1. The minimum absolute atomic E-state index is 0.00986. The molecule has 0 radical (unpaired) electrons. The van der Waals surface area contributed by atoms with Crippen LogP contribution in [0.4, 0.5) is 5.69 Å². The van der Waals surface area contributed by atoms with Crippen LogP contribution in [0.3, 0.4) is 0 Å². The summed E-state index contributed by atoms with van der Waals surface area (Å²) in [5, 5.41) is 0. The van der Waals surface area contributed by atoms with Gasteiger partial charge in [-0.1, -0.05) is 11.6 Å². The lowest BCUT2D eigenvalue weighted by Gasteiger charge is -2.33. The second kappa shape index (κ2) is 5.41. The predicted octanol–water partition coefficient (Wildman–Crippen LogP) is 0.540. The van der Waals surface area contributed by atoms with Crippen LogP contribution in [0.1, 0.15) is 22.8 Å². The van der Waals surface area contributed by atoms with Gasteiger partial charge in [-0.2, -0.15) is 0 Å². The molecule has 1 amide bonds. The summed E-state index contributed by atoms with van der Waals surface area (Å²) < 4.78 is 23.1. The van der Waals surface area contributed by atoms with Crippen molar-refractivity contribution in [3.05, 3.63) is 29.3 Å². The fraction of sp³-hybridized carbons (Fsp3) is 0.462. The molecule has 3 N–H and O–H groups in total. The maximum atomic E-state index is 12.6. The van der Waals surface area contributed by atoms with E-state index in [1.807, 2.05) is 13.0 Å². The summed E-state index contributed by atoms with van der Waals surface area (Å²) >= 11 is 0. The highest BCUT2D eigenvalue weighted by molar-refractivity contribution is 7.91. The number of hydrogen-bond donors (Lipinski definition) is 2. The molecule has 1 unspecified atom stereocenters. The summed E-state index contributed by atoms with van der Waals surface area (Å²) in [4.78, 5) is 14.2. The third kappa shape index (κ3) is 2.94. The van der Waals surface area contributed by atoms with Crippen LogP contribution < -0.4 is 11.3 Å². The van der Waals surface area contributed by atoms with E-state index in [-0.39, 0.29) is 30.0 Å². The van der Waals surface area contributed by atoms with Crippen molar-refractivity contribution in [2.24, 2.45) is 5.84 Å².